The fraction of sp³-hybridized carbons (Fsp3) is 0.538. The largest absolute Gasteiger partial charge is 0.373 e. The SMILES string of the molecule is CC(C)Cn1cc(COCCN2C(=O)C=CC2=O)nn1. The van der Waals surface area contributed by atoms with Gasteiger partial charge in [0.25, 0.3) is 11.8 Å². The van der Waals surface area contributed by atoms with Gasteiger partial charge in [-0.3, -0.25) is 19.2 Å². The summed E-state index contributed by atoms with van der Waals surface area (Å²) < 4.78 is 7.19. The maximum absolute atomic E-state index is 11.3. The molecular weight excluding hydrogens is 260 g/mol. The van der Waals surface area contributed by atoms with Crippen LogP contribution in [0, 0.1) is 5.92 Å². The fourth-order valence-electron chi connectivity index (χ4n) is 1.85. The fourth-order valence-corrected chi connectivity index (χ4v) is 1.85. The van der Waals surface area contributed by atoms with Crippen LogP contribution in [0.15, 0.2) is 18.3 Å². The third-order valence-electron chi connectivity index (χ3n) is 2.75. The third-order valence-corrected chi connectivity index (χ3v) is 2.75. The van der Waals surface area contributed by atoms with E-state index in [-0.39, 0.29) is 25.0 Å². The van der Waals surface area contributed by atoms with Crippen molar-refractivity contribution in [2.45, 2.75) is 27.0 Å². The predicted molar refractivity (Wildman–Crippen MR) is 70.4 cm³/mol. The van der Waals surface area contributed by atoms with Gasteiger partial charge in [-0.05, 0) is 5.92 Å². The number of carbonyl (C=O) groups excluding carboxylic acids is 2. The first-order chi connectivity index (χ1) is 9.56. The standard InChI is InChI=1S/C13H18N4O3/c1-10(2)7-16-8-11(14-15-16)9-20-6-5-17-12(18)3-4-13(17)19/h3-4,8,10H,5-7,9H2,1-2H3. The molecule has 108 valence electrons. The van der Waals surface area contributed by atoms with Crippen LogP contribution in [0.2, 0.25) is 0 Å². The maximum atomic E-state index is 11.3. The number of hydrogen-bond donors (Lipinski definition) is 0. The third kappa shape index (κ3) is 3.74. The van der Waals surface area contributed by atoms with Crippen LogP contribution < -0.4 is 0 Å². The Kier molecular flexibility index (Phi) is 4.62. The van der Waals surface area contributed by atoms with Crippen LogP contribution in [0.3, 0.4) is 0 Å². The highest BCUT2D eigenvalue weighted by atomic mass is 16.5. The molecule has 0 saturated carbocycles. The summed E-state index contributed by atoms with van der Waals surface area (Å²) in [6.07, 6.45) is 4.37. The second kappa shape index (κ2) is 6.42. The zero-order valence-electron chi connectivity index (χ0n) is 11.7. The van der Waals surface area contributed by atoms with Crippen molar-refractivity contribution in [3.05, 3.63) is 24.0 Å². The van der Waals surface area contributed by atoms with Crippen LogP contribution in [-0.2, 0) is 27.5 Å². The lowest BCUT2D eigenvalue weighted by atomic mass is 10.2. The summed E-state index contributed by atoms with van der Waals surface area (Å²) >= 11 is 0. The van der Waals surface area contributed by atoms with Crippen molar-refractivity contribution in [2.75, 3.05) is 13.2 Å². The molecule has 7 nitrogen and oxygen atoms in total. The Morgan fingerprint density at radius 3 is 2.60 bits per heavy atom. The number of carbonyl (C=O) groups is 2. The Morgan fingerprint density at radius 1 is 1.25 bits per heavy atom. The molecule has 0 fully saturated rings. The van der Waals surface area contributed by atoms with Gasteiger partial charge in [0.1, 0.15) is 5.69 Å². The van der Waals surface area contributed by atoms with E-state index in [2.05, 4.69) is 24.2 Å². The molecule has 0 bridgehead atoms. The first-order valence-electron chi connectivity index (χ1n) is 6.56. The molecular formula is C13H18N4O3. The van der Waals surface area contributed by atoms with Crippen LogP contribution in [0.4, 0.5) is 0 Å². The summed E-state index contributed by atoms with van der Waals surface area (Å²) in [7, 11) is 0. The van der Waals surface area contributed by atoms with Crippen LogP contribution in [0.1, 0.15) is 19.5 Å². The summed E-state index contributed by atoms with van der Waals surface area (Å²) in [5, 5.41) is 7.99. The molecule has 20 heavy (non-hydrogen) atoms. The van der Waals surface area contributed by atoms with Gasteiger partial charge in [-0.1, -0.05) is 19.1 Å². The molecule has 2 heterocycles. The van der Waals surface area contributed by atoms with E-state index in [0.29, 0.717) is 12.5 Å². The van der Waals surface area contributed by atoms with E-state index in [4.69, 9.17) is 4.74 Å². The number of amides is 2. The quantitative estimate of drug-likeness (QED) is 0.532. The number of aromatic nitrogens is 3. The highest BCUT2D eigenvalue weighted by molar-refractivity contribution is 6.12. The minimum absolute atomic E-state index is 0.255. The van der Waals surface area contributed by atoms with Crippen molar-refractivity contribution in [2.24, 2.45) is 5.92 Å². The van der Waals surface area contributed by atoms with Gasteiger partial charge in [-0.2, -0.15) is 0 Å². The number of ether oxygens (including phenoxy) is 1. The van der Waals surface area contributed by atoms with Crippen molar-refractivity contribution in [1.82, 2.24) is 19.9 Å². The lowest BCUT2D eigenvalue weighted by Crippen LogP contribution is -2.33. The molecule has 0 aliphatic carbocycles. The van der Waals surface area contributed by atoms with Gasteiger partial charge in [0.2, 0.25) is 0 Å². The van der Waals surface area contributed by atoms with E-state index < -0.39 is 0 Å². The van der Waals surface area contributed by atoms with Gasteiger partial charge in [-0.25, -0.2) is 0 Å². The van der Waals surface area contributed by atoms with Crippen molar-refractivity contribution in [3.63, 3.8) is 0 Å². The van der Waals surface area contributed by atoms with Crippen LogP contribution in [-0.4, -0.2) is 44.9 Å². The molecule has 1 aromatic rings. The molecule has 1 aromatic heterocycles. The second-order valence-electron chi connectivity index (χ2n) is 5.04. The van der Waals surface area contributed by atoms with E-state index in [1.807, 2.05) is 6.20 Å². The van der Waals surface area contributed by atoms with Gasteiger partial charge < -0.3 is 4.74 Å². The lowest BCUT2D eigenvalue weighted by molar-refractivity contribution is -0.137. The molecule has 0 radical (unpaired) electrons. The normalized spacial score (nSPS) is 14.8. The topological polar surface area (TPSA) is 77.3 Å². The van der Waals surface area contributed by atoms with Crippen molar-refractivity contribution >= 4 is 11.8 Å². The van der Waals surface area contributed by atoms with Gasteiger partial charge in [0, 0.05) is 18.7 Å². The molecule has 0 spiro atoms. The zero-order chi connectivity index (χ0) is 14.5. The first kappa shape index (κ1) is 14.4. The molecule has 1 aliphatic rings. The van der Waals surface area contributed by atoms with Crippen LogP contribution >= 0.6 is 0 Å². The second-order valence-corrected chi connectivity index (χ2v) is 5.04. The lowest BCUT2D eigenvalue weighted by Gasteiger charge is -2.12. The summed E-state index contributed by atoms with van der Waals surface area (Å²) in [5.74, 6) is -0.0758. The smallest absolute Gasteiger partial charge is 0.253 e. The van der Waals surface area contributed by atoms with Gasteiger partial charge >= 0.3 is 0 Å². The number of rotatable bonds is 7. The minimum Gasteiger partial charge on any atom is -0.373 e. The van der Waals surface area contributed by atoms with E-state index in [1.165, 1.54) is 12.2 Å². The van der Waals surface area contributed by atoms with Gasteiger partial charge in [0.15, 0.2) is 0 Å². The monoisotopic (exact) mass is 278 g/mol. The average Bonchev–Trinajstić information content (AvgIpc) is 2.94. The molecule has 0 N–H and O–H groups in total. The van der Waals surface area contributed by atoms with Gasteiger partial charge in [-0.15, -0.1) is 5.10 Å². The summed E-state index contributed by atoms with van der Waals surface area (Å²) in [6, 6.07) is 0. The molecule has 0 unspecified atom stereocenters. The Hall–Kier alpha value is -2.02. The Labute approximate surface area is 117 Å². The van der Waals surface area contributed by atoms with E-state index >= 15 is 0 Å². The van der Waals surface area contributed by atoms with Gasteiger partial charge in [0.05, 0.1) is 26.0 Å². The number of hydrogen-bond acceptors (Lipinski definition) is 5. The predicted octanol–water partition coefficient (Wildman–Crippen LogP) is 0.376. The molecule has 2 amide bonds. The zero-order valence-corrected chi connectivity index (χ0v) is 11.7. The molecule has 0 atom stereocenters. The highest BCUT2D eigenvalue weighted by Crippen LogP contribution is 2.04. The first-order valence-corrected chi connectivity index (χ1v) is 6.56. The Bertz CT molecular complexity index is 503. The van der Waals surface area contributed by atoms with Crippen LogP contribution in [0.25, 0.3) is 0 Å². The molecule has 0 aromatic carbocycles. The van der Waals surface area contributed by atoms with Crippen LogP contribution in [0.5, 0.6) is 0 Å². The Balaban J connectivity index is 1.70. The maximum Gasteiger partial charge on any atom is 0.253 e. The molecule has 2 rings (SSSR count). The summed E-state index contributed by atoms with van der Waals surface area (Å²) in [4.78, 5) is 23.7. The molecule has 1 aliphatic heterocycles. The molecule has 0 saturated heterocycles. The van der Waals surface area contributed by atoms with E-state index in [1.54, 1.807) is 4.68 Å². The Morgan fingerprint density at radius 2 is 1.95 bits per heavy atom. The number of imide groups is 1. The van der Waals surface area contributed by atoms with Crippen molar-refractivity contribution < 1.29 is 14.3 Å². The average molecular weight is 278 g/mol. The molecule has 7 heteroatoms. The van der Waals surface area contributed by atoms with E-state index in [0.717, 1.165) is 17.1 Å². The number of nitrogens with zero attached hydrogens (tertiary/aromatic N) is 4. The highest BCUT2D eigenvalue weighted by Gasteiger charge is 2.22. The minimum atomic E-state index is -0.290. The van der Waals surface area contributed by atoms with Crippen molar-refractivity contribution in [3.8, 4) is 0 Å². The van der Waals surface area contributed by atoms with Crippen molar-refractivity contribution in [1.29, 1.82) is 0 Å². The van der Waals surface area contributed by atoms with E-state index in [9.17, 15) is 9.59 Å². The summed E-state index contributed by atoms with van der Waals surface area (Å²) in [6.45, 7) is 5.89. The summed E-state index contributed by atoms with van der Waals surface area (Å²) in [5.41, 5.74) is 0.739.